The lowest BCUT2D eigenvalue weighted by Crippen LogP contribution is -2.50. The quantitative estimate of drug-likeness (QED) is 0.898. The van der Waals surface area contributed by atoms with Gasteiger partial charge in [-0.15, -0.1) is 11.3 Å². The van der Waals surface area contributed by atoms with Crippen LogP contribution in [0.1, 0.15) is 44.0 Å². The molecule has 2 amide bonds. The maximum atomic E-state index is 12.4. The van der Waals surface area contributed by atoms with Gasteiger partial charge in [0.2, 0.25) is 0 Å². The van der Waals surface area contributed by atoms with Crippen molar-refractivity contribution < 1.29 is 14.7 Å². The number of nitrogens with one attached hydrogen (secondary N) is 1. The van der Waals surface area contributed by atoms with Gasteiger partial charge in [0.05, 0.1) is 11.5 Å². The van der Waals surface area contributed by atoms with E-state index in [9.17, 15) is 14.7 Å². The molecular weight excluding hydrogens is 288 g/mol. The molecule has 1 heterocycles. The third kappa shape index (κ3) is 3.05. The minimum atomic E-state index is -0.858. The number of hydrogen-bond donors (Lipinski definition) is 2. The molecule has 2 rings (SSSR count). The van der Waals surface area contributed by atoms with Crippen molar-refractivity contribution in [3.8, 4) is 0 Å². The van der Waals surface area contributed by atoms with Gasteiger partial charge in [-0.3, -0.25) is 4.79 Å². The van der Waals surface area contributed by atoms with Gasteiger partial charge in [0.1, 0.15) is 0 Å². The second kappa shape index (κ2) is 6.05. The number of amides is 2. The van der Waals surface area contributed by atoms with E-state index < -0.39 is 11.4 Å². The number of carbonyl (C=O) groups excluding carboxylic acids is 1. The monoisotopic (exact) mass is 310 g/mol. The Bertz CT molecular complexity index is 517. The molecule has 1 aliphatic carbocycles. The molecule has 116 valence electrons. The molecular formula is C15H22N2O3S. The molecule has 3 atom stereocenters. The minimum absolute atomic E-state index is 0.0255. The van der Waals surface area contributed by atoms with Crippen molar-refractivity contribution in [3.05, 3.63) is 22.4 Å². The van der Waals surface area contributed by atoms with Gasteiger partial charge < -0.3 is 15.3 Å². The molecule has 3 unspecified atom stereocenters. The molecule has 1 saturated carbocycles. The highest BCUT2D eigenvalue weighted by molar-refractivity contribution is 7.10. The second-order valence-electron chi connectivity index (χ2n) is 5.92. The normalized spacial score (nSPS) is 26.3. The first-order valence-corrected chi connectivity index (χ1v) is 8.04. The first-order chi connectivity index (χ1) is 9.86. The van der Waals surface area contributed by atoms with Crippen molar-refractivity contribution in [2.75, 3.05) is 7.05 Å². The van der Waals surface area contributed by atoms with Gasteiger partial charge in [-0.05, 0) is 38.1 Å². The smallest absolute Gasteiger partial charge is 0.317 e. The third-order valence-corrected chi connectivity index (χ3v) is 5.64. The number of rotatable bonds is 4. The van der Waals surface area contributed by atoms with E-state index in [0.29, 0.717) is 6.42 Å². The minimum Gasteiger partial charge on any atom is -0.481 e. The molecule has 5 nitrogen and oxygen atoms in total. The second-order valence-corrected chi connectivity index (χ2v) is 6.90. The van der Waals surface area contributed by atoms with E-state index in [2.05, 4.69) is 5.32 Å². The van der Waals surface area contributed by atoms with Crippen LogP contribution in [-0.2, 0) is 4.79 Å². The van der Waals surface area contributed by atoms with Crippen LogP contribution in [0, 0.1) is 5.41 Å². The van der Waals surface area contributed by atoms with Crippen molar-refractivity contribution in [2.24, 2.45) is 5.41 Å². The summed E-state index contributed by atoms with van der Waals surface area (Å²) in [6.45, 7) is 3.69. The Labute approximate surface area is 129 Å². The van der Waals surface area contributed by atoms with Gasteiger partial charge in [-0.2, -0.15) is 0 Å². The van der Waals surface area contributed by atoms with E-state index in [0.717, 1.165) is 17.7 Å². The van der Waals surface area contributed by atoms with Crippen LogP contribution in [0.3, 0.4) is 0 Å². The van der Waals surface area contributed by atoms with Gasteiger partial charge in [0, 0.05) is 18.0 Å². The first kappa shape index (κ1) is 15.8. The van der Waals surface area contributed by atoms with Crippen LogP contribution in [-0.4, -0.2) is 35.1 Å². The number of hydrogen-bond acceptors (Lipinski definition) is 3. The molecule has 1 aromatic rings. The molecule has 6 heteroatoms. The predicted molar refractivity (Wildman–Crippen MR) is 82.4 cm³/mol. The fourth-order valence-electron chi connectivity index (χ4n) is 2.80. The number of aliphatic carboxylic acids is 1. The molecule has 2 N–H and O–H groups in total. The number of carboxylic acid groups (broad SMARTS) is 1. The van der Waals surface area contributed by atoms with Crippen LogP contribution in [0.15, 0.2) is 17.5 Å². The molecule has 0 aliphatic heterocycles. The largest absolute Gasteiger partial charge is 0.481 e. The summed E-state index contributed by atoms with van der Waals surface area (Å²) in [4.78, 5) is 26.6. The summed E-state index contributed by atoms with van der Waals surface area (Å²) in [5.41, 5.74) is -0.858. The van der Waals surface area contributed by atoms with Crippen LogP contribution in [0.25, 0.3) is 0 Å². The van der Waals surface area contributed by atoms with Crippen molar-refractivity contribution in [3.63, 3.8) is 0 Å². The predicted octanol–water partition coefficient (Wildman–Crippen LogP) is 3.09. The highest BCUT2D eigenvalue weighted by Gasteiger charge is 2.46. The van der Waals surface area contributed by atoms with E-state index in [1.807, 2.05) is 24.4 Å². The SMILES string of the molecule is CC(c1cccs1)N(C)C(=O)NC1CCCC1(C)C(=O)O. The molecule has 1 fully saturated rings. The Kier molecular flexibility index (Phi) is 4.56. The van der Waals surface area contributed by atoms with Gasteiger partial charge in [0.15, 0.2) is 0 Å². The van der Waals surface area contributed by atoms with E-state index >= 15 is 0 Å². The Balaban J connectivity index is 2.02. The molecule has 0 radical (unpaired) electrons. The van der Waals surface area contributed by atoms with Crippen LogP contribution in [0.5, 0.6) is 0 Å². The van der Waals surface area contributed by atoms with E-state index in [4.69, 9.17) is 0 Å². The number of carboxylic acids is 1. The van der Waals surface area contributed by atoms with Crippen molar-refractivity contribution in [1.29, 1.82) is 0 Å². The number of carbonyl (C=O) groups is 2. The summed E-state index contributed by atoms with van der Waals surface area (Å²) in [6.07, 6.45) is 2.16. The third-order valence-electron chi connectivity index (χ3n) is 4.60. The Morgan fingerprint density at radius 3 is 2.86 bits per heavy atom. The summed E-state index contributed by atoms with van der Waals surface area (Å²) in [5, 5.41) is 14.3. The Hall–Kier alpha value is -1.56. The molecule has 21 heavy (non-hydrogen) atoms. The molecule has 0 spiro atoms. The molecule has 0 bridgehead atoms. The van der Waals surface area contributed by atoms with Gasteiger partial charge in [-0.25, -0.2) is 4.79 Å². The van der Waals surface area contributed by atoms with Crippen LogP contribution in [0.4, 0.5) is 4.79 Å². The topological polar surface area (TPSA) is 69.6 Å². The zero-order chi connectivity index (χ0) is 15.6. The zero-order valence-electron chi connectivity index (χ0n) is 12.6. The summed E-state index contributed by atoms with van der Waals surface area (Å²) in [6, 6.07) is 3.41. The van der Waals surface area contributed by atoms with Crippen molar-refractivity contribution in [2.45, 2.75) is 45.2 Å². The highest BCUT2D eigenvalue weighted by Crippen LogP contribution is 2.38. The van der Waals surface area contributed by atoms with E-state index in [-0.39, 0.29) is 18.1 Å². The average molecular weight is 310 g/mol. The standard InChI is InChI=1S/C15H22N2O3S/c1-10(11-6-5-9-21-11)17(3)14(20)16-12-7-4-8-15(12,2)13(18)19/h5-6,9-10,12H,4,7-8H2,1-3H3,(H,16,20)(H,18,19). The van der Waals surface area contributed by atoms with Crippen molar-refractivity contribution >= 4 is 23.3 Å². The van der Waals surface area contributed by atoms with Crippen LogP contribution in [0.2, 0.25) is 0 Å². The van der Waals surface area contributed by atoms with E-state index in [1.54, 1.807) is 30.2 Å². The van der Waals surface area contributed by atoms with Crippen LogP contribution < -0.4 is 5.32 Å². The van der Waals surface area contributed by atoms with Gasteiger partial charge in [-0.1, -0.05) is 12.5 Å². The molecule has 1 aliphatic rings. The highest BCUT2D eigenvalue weighted by atomic mass is 32.1. The number of thiophene rings is 1. The zero-order valence-corrected chi connectivity index (χ0v) is 13.4. The van der Waals surface area contributed by atoms with E-state index in [1.165, 1.54) is 0 Å². The molecule has 0 saturated heterocycles. The average Bonchev–Trinajstić information content (AvgIpc) is 3.08. The van der Waals surface area contributed by atoms with Crippen LogP contribution >= 0.6 is 11.3 Å². The lowest BCUT2D eigenvalue weighted by molar-refractivity contribution is -0.148. The summed E-state index contributed by atoms with van der Waals surface area (Å²) in [5.74, 6) is -0.834. The van der Waals surface area contributed by atoms with Gasteiger partial charge >= 0.3 is 12.0 Å². The fraction of sp³-hybridized carbons (Fsp3) is 0.600. The summed E-state index contributed by atoms with van der Waals surface area (Å²) >= 11 is 1.61. The number of urea groups is 1. The Morgan fingerprint density at radius 1 is 1.57 bits per heavy atom. The lowest BCUT2D eigenvalue weighted by Gasteiger charge is -2.31. The summed E-state index contributed by atoms with van der Waals surface area (Å²) in [7, 11) is 1.74. The molecule has 1 aromatic heterocycles. The first-order valence-electron chi connectivity index (χ1n) is 7.16. The maximum absolute atomic E-state index is 12.4. The van der Waals surface area contributed by atoms with Gasteiger partial charge in [0.25, 0.3) is 0 Å². The Morgan fingerprint density at radius 2 is 2.29 bits per heavy atom. The lowest BCUT2D eigenvalue weighted by atomic mass is 9.85. The fourth-order valence-corrected chi connectivity index (χ4v) is 3.63. The number of nitrogens with zero attached hydrogens (tertiary/aromatic N) is 1. The molecule has 0 aromatic carbocycles. The summed E-state index contributed by atoms with van der Waals surface area (Å²) < 4.78 is 0. The van der Waals surface area contributed by atoms with Crippen molar-refractivity contribution in [1.82, 2.24) is 10.2 Å². The maximum Gasteiger partial charge on any atom is 0.317 e.